The summed E-state index contributed by atoms with van der Waals surface area (Å²) in [5, 5.41) is 22.6. The van der Waals surface area contributed by atoms with Crippen LogP contribution in [0.3, 0.4) is 0 Å². The molecule has 1 heterocycles. The lowest BCUT2D eigenvalue weighted by atomic mass is 9.78. The molecule has 1 saturated carbocycles. The third-order valence-electron chi connectivity index (χ3n) is 4.21. The van der Waals surface area contributed by atoms with Crippen molar-refractivity contribution in [2.45, 2.75) is 44.6 Å². The number of pyridine rings is 1. The Morgan fingerprint density at radius 1 is 1.50 bits per heavy atom. The molecule has 5 nitrogen and oxygen atoms in total. The van der Waals surface area contributed by atoms with Crippen LogP contribution in [0.1, 0.15) is 49.5 Å². The van der Waals surface area contributed by atoms with Crippen LogP contribution < -0.4 is 5.32 Å². The van der Waals surface area contributed by atoms with Crippen LogP contribution in [0.25, 0.3) is 0 Å². The number of carbonyl (C=O) groups is 1. The molecule has 2 rings (SSSR count). The van der Waals surface area contributed by atoms with Gasteiger partial charge >= 0.3 is 5.97 Å². The Labute approximate surface area is 119 Å². The number of anilines is 1. The number of hydrogen-bond acceptors (Lipinski definition) is 4. The quantitative estimate of drug-likeness (QED) is 0.771. The van der Waals surface area contributed by atoms with Gasteiger partial charge in [0.2, 0.25) is 0 Å². The minimum atomic E-state index is -1.05. The zero-order valence-electron chi connectivity index (χ0n) is 11.8. The summed E-state index contributed by atoms with van der Waals surface area (Å²) in [6, 6.07) is 3.21. The zero-order chi connectivity index (χ0) is 14.6. The maximum absolute atomic E-state index is 10.9. The van der Waals surface area contributed by atoms with E-state index in [1.54, 1.807) is 6.07 Å². The van der Waals surface area contributed by atoms with E-state index in [9.17, 15) is 9.90 Å². The van der Waals surface area contributed by atoms with Gasteiger partial charge in [-0.1, -0.05) is 13.3 Å². The largest absolute Gasteiger partial charge is 0.477 e. The van der Waals surface area contributed by atoms with Crippen LogP contribution in [0, 0.1) is 5.92 Å². The molecule has 0 atom stereocenters. The highest BCUT2D eigenvalue weighted by atomic mass is 16.4. The predicted octanol–water partition coefficient (Wildman–Crippen LogP) is 2.52. The van der Waals surface area contributed by atoms with Gasteiger partial charge in [0.15, 0.2) is 0 Å². The van der Waals surface area contributed by atoms with E-state index in [2.05, 4.69) is 17.2 Å². The van der Waals surface area contributed by atoms with Gasteiger partial charge in [0, 0.05) is 18.4 Å². The summed E-state index contributed by atoms with van der Waals surface area (Å²) in [6.07, 6.45) is 6.36. The molecular formula is C15H22N2O3. The minimum absolute atomic E-state index is 0.0108. The average Bonchev–Trinajstić information content (AvgIpc) is 2.46. The van der Waals surface area contributed by atoms with Gasteiger partial charge < -0.3 is 15.5 Å². The van der Waals surface area contributed by atoms with Crippen molar-refractivity contribution in [2.75, 3.05) is 11.9 Å². The molecule has 1 aliphatic rings. The standard InChI is InChI=1S/C15H22N2O3/c1-2-11-3-6-15(20,7-4-11)10-17-12-5-8-16-13(9-12)14(18)19/h5,8-9,11,20H,2-4,6-7,10H2,1H3,(H,16,17)(H,18,19). The number of aliphatic hydroxyl groups is 1. The maximum Gasteiger partial charge on any atom is 0.354 e. The van der Waals surface area contributed by atoms with Gasteiger partial charge in [0.05, 0.1) is 5.60 Å². The van der Waals surface area contributed by atoms with Crippen LogP contribution >= 0.6 is 0 Å². The Morgan fingerprint density at radius 3 is 2.80 bits per heavy atom. The molecule has 0 aliphatic heterocycles. The van der Waals surface area contributed by atoms with Crippen LogP contribution in [0.5, 0.6) is 0 Å². The molecule has 1 fully saturated rings. The maximum atomic E-state index is 10.9. The molecule has 0 unspecified atom stereocenters. The fraction of sp³-hybridized carbons (Fsp3) is 0.600. The second kappa shape index (κ2) is 6.22. The normalized spacial score (nSPS) is 26.2. The zero-order valence-corrected chi connectivity index (χ0v) is 11.8. The van der Waals surface area contributed by atoms with Gasteiger partial charge in [-0.25, -0.2) is 9.78 Å². The lowest BCUT2D eigenvalue weighted by Gasteiger charge is -2.36. The van der Waals surface area contributed by atoms with Crippen molar-refractivity contribution in [1.82, 2.24) is 4.98 Å². The highest BCUT2D eigenvalue weighted by molar-refractivity contribution is 5.86. The van der Waals surface area contributed by atoms with Crippen LogP contribution in [0.2, 0.25) is 0 Å². The monoisotopic (exact) mass is 278 g/mol. The fourth-order valence-corrected chi connectivity index (χ4v) is 2.72. The molecule has 110 valence electrons. The van der Waals surface area contributed by atoms with Crippen LogP contribution in [-0.2, 0) is 0 Å². The highest BCUT2D eigenvalue weighted by Gasteiger charge is 2.32. The van der Waals surface area contributed by atoms with Crippen molar-refractivity contribution in [1.29, 1.82) is 0 Å². The van der Waals surface area contributed by atoms with E-state index < -0.39 is 11.6 Å². The van der Waals surface area contributed by atoms with Crippen molar-refractivity contribution >= 4 is 11.7 Å². The third kappa shape index (κ3) is 3.70. The summed E-state index contributed by atoms with van der Waals surface area (Å²) < 4.78 is 0. The van der Waals surface area contributed by atoms with E-state index >= 15 is 0 Å². The number of rotatable bonds is 5. The van der Waals surface area contributed by atoms with E-state index in [1.807, 2.05) is 0 Å². The first-order valence-electron chi connectivity index (χ1n) is 7.18. The Bertz CT molecular complexity index is 468. The molecular weight excluding hydrogens is 256 g/mol. The number of nitrogens with one attached hydrogen (secondary N) is 1. The number of carboxylic acids is 1. The molecule has 0 aromatic carbocycles. The van der Waals surface area contributed by atoms with E-state index in [4.69, 9.17) is 5.11 Å². The highest BCUT2D eigenvalue weighted by Crippen LogP contribution is 2.33. The van der Waals surface area contributed by atoms with Crippen molar-refractivity contribution in [3.05, 3.63) is 24.0 Å². The molecule has 0 bridgehead atoms. The number of aromatic carboxylic acids is 1. The van der Waals surface area contributed by atoms with Crippen LogP contribution in [0.4, 0.5) is 5.69 Å². The molecule has 0 saturated heterocycles. The first-order valence-corrected chi connectivity index (χ1v) is 7.18. The van der Waals surface area contributed by atoms with Gasteiger partial charge in [-0.15, -0.1) is 0 Å². The SMILES string of the molecule is CCC1CCC(O)(CNc2ccnc(C(=O)O)c2)CC1. The van der Waals surface area contributed by atoms with E-state index in [0.29, 0.717) is 12.2 Å². The lowest BCUT2D eigenvalue weighted by Crippen LogP contribution is -2.40. The molecule has 20 heavy (non-hydrogen) atoms. The Balaban J connectivity index is 1.92. The first-order chi connectivity index (χ1) is 9.52. The van der Waals surface area contributed by atoms with Crippen LogP contribution in [0.15, 0.2) is 18.3 Å². The topological polar surface area (TPSA) is 82.5 Å². The predicted molar refractivity (Wildman–Crippen MR) is 76.9 cm³/mol. The third-order valence-corrected chi connectivity index (χ3v) is 4.21. The van der Waals surface area contributed by atoms with Crippen molar-refractivity contribution in [3.63, 3.8) is 0 Å². The lowest BCUT2D eigenvalue weighted by molar-refractivity contribution is 0.00229. The number of aromatic nitrogens is 1. The number of nitrogens with zero attached hydrogens (tertiary/aromatic N) is 1. The van der Waals surface area contributed by atoms with Crippen molar-refractivity contribution in [2.24, 2.45) is 5.92 Å². The van der Waals surface area contributed by atoms with Crippen molar-refractivity contribution < 1.29 is 15.0 Å². The Morgan fingerprint density at radius 2 is 2.20 bits per heavy atom. The minimum Gasteiger partial charge on any atom is -0.477 e. The molecule has 0 radical (unpaired) electrons. The number of carboxylic acid groups (broad SMARTS) is 1. The molecule has 3 N–H and O–H groups in total. The summed E-state index contributed by atoms with van der Waals surface area (Å²) in [5.74, 6) is -0.314. The average molecular weight is 278 g/mol. The summed E-state index contributed by atoms with van der Waals surface area (Å²) >= 11 is 0. The first kappa shape index (κ1) is 14.8. The summed E-state index contributed by atoms with van der Waals surface area (Å²) in [5.41, 5.74) is 0.0123. The molecule has 1 aromatic rings. The Hall–Kier alpha value is -1.62. The van der Waals surface area contributed by atoms with Gasteiger partial charge in [-0.3, -0.25) is 0 Å². The second-order valence-corrected chi connectivity index (χ2v) is 5.66. The molecule has 1 aromatic heterocycles. The molecule has 0 spiro atoms. The van der Waals surface area contributed by atoms with Gasteiger partial charge in [0.25, 0.3) is 0 Å². The van der Waals surface area contributed by atoms with Gasteiger partial charge in [-0.05, 0) is 43.7 Å². The molecule has 1 aliphatic carbocycles. The van der Waals surface area contributed by atoms with Crippen molar-refractivity contribution in [3.8, 4) is 0 Å². The Kier molecular flexibility index (Phi) is 4.60. The van der Waals surface area contributed by atoms with E-state index in [1.165, 1.54) is 18.7 Å². The summed E-state index contributed by atoms with van der Waals surface area (Å²) in [4.78, 5) is 14.6. The van der Waals surface area contributed by atoms with Crippen LogP contribution in [-0.4, -0.2) is 33.3 Å². The number of hydrogen-bond donors (Lipinski definition) is 3. The smallest absolute Gasteiger partial charge is 0.354 e. The summed E-state index contributed by atoms with van der Waals surface area (Å²) in [7, 11) is 0. The fourth-order valence-electron chi connectivity index (χ4n) is 2.72. The van der Waals surface area contributed by atoms with Gasteiger partial charge in [0.1, 0.15) is 5.69 Å². The van der Waals surface area contributed by atoms with E-state index in [-0.39, 0.29) is 5.69 Å². The van der Waals surface area contributed by atoms with E-state index in [0.717, 1.165) is 31.6 Å². The molecule has 5 heteroatoms. The second-order valence-electron chi connectivity index (χ2n) is 5.66. The summed E-state index contributed by atoms with van der Waals surface area (Å²) in [6.45, 7) is 2.64. The molecule has 0 amide bonds. The van der Waals surface area contributed by atoms with Gasteiger partial charge in [-0.2, -0.15) is 0 Å².